The number of para-hydroxylation sites is 1. The summed E-state index contributed by atoms with van der Waals surface area (Å²) in [5.74, 6) is -3.01. The van der Waals surface area contributed by atoms with Crippen LogP contribution in [0.1, 0.15) is 17.9 Å². The summed E-state index contributed by atoms with van der Waals surface area (Å²) in [5, 5.41) is 5.14. The van der Waals surface area contributed by atoms with Crippen LogP contribution in [0, 0.1) is 11.6 Å². The fourth-order valence-corrected chi connectivity index (χ4v) is 2.50. The molecule has 2 amide bonds. The second kappa shape index (κ2) is 5.55. The lowest BCUT2D eigenvalue weighted by atomic mass is 9.90. The maximum atomic E-state index is 13.2. The van der Waals surface area contributed by atoms with E-state index in [1.165, 1.54) is 0 Å². The van der Waals surface area contributed by atoms with Gasteiger partial charge in [-0.3, -0.25) is 9.59 Å². The highest BCUT2D eigenvalue weighted by Crippen LogP contribution is 2.32. The number of fused-ring (bicyclic) bond motifs is 1. The Labute approximate surface area is 125 Å². The van der Waals surface area contributed by atoms with Crippen LogP contribution in [0.15, 0.2) is 42.5 Å². The Kier molecular flexibility index (Phi) is 3.58. The molecule has 0 bridgehead atoms. The molecule has 1 atom stereocenters. The number of halogens is 2. The summed E-state index contributed by atoms with van der Waals surface area (Å²) < 4.78 is 26.3. The van der Waals surface area contributed by atoms with Crippen molar-refractivity contribution in [3.05, 3.63) is 59.7 Å². The van der Waals surface area contributed by atoms with E-state index < -0.39 is 23.5 Å². The van der Waals surface area contributed by atoms with Gasteiger partial charge in [-0.05, 0) is 23.8 Å². The first-order valence-corrected chi connectivity index (χ1v) is 6.68. The molecule has 2 aromatic rings. The van der Waals surface area contributed by atoms with E-state index in [1.54, 1.807) is 24.3 Å². The van der Waals surface area contributed by atoms with Gasteiger partial charge in [0.1, 0.15) is 11.6 Å². The summed E-state index contributed by atoms with van der Waals surface area (Å²) in [4.78, 5) is 24.1. The maximum Gasteiger partial charge on any atom is 0.232 e. The second-order valence-corrected chi connectivity index (χ2v) is 5.04. The van der Waals surface area contributed by atoms with E-state index in [2.05, 4.69) is 10.6 Å². The standard InChI is InChI=1S/C16H12F2N2O2/c17-9-5-10(18)7-11(6-9)19-16(22)13-8-15(21)20-14-4-2-1-3-12(13)14/h1-7,13H,8H2,(H,19,22)(H,20,21)/t13-/m0/s1. The van der Waals surface area contributed by atoms with E-state index in [0.29, 0.717) is 11.3 Å². The first kappa shape index (κ1) is 14.2. The topological polar surface area (TPSA) is 58.2 Å². The van der Waals surface area contributed by atoms with Crippen LogP contribution in [-0.4, -0.2) is 11.8 Å². The van der Waals surface area contributed by atoms with Gasteiger partial charge in [0.05, 0.1) is 5.92 Å². The molecule has 0 saturated carbocycles. The average molecular weight is 302 g/mol. The molecule has 0 spiro atoms. The molecule has 112 valence electrons. The molecule has 22 heavy (non-hydrogen) atoms. The number of nitrogens with one attached hydrogen (secondary N) is 2. The second-order valence-electron chi connectivity index (χ2n) is 5.04. The van der Waals surface area contributed by atoms with E-state index in [4.69, 9.17) is 0 Å². The maximum absolute atomic E-state index is 13.2. The van der Waals surface area contributed by atoms with Crippen molar-refractivity contribution in [2.45, 2.75) is 12.3 Å². The van der Waals surface area contributed by atoms with E-state index in [9.17, 15) is 18.4 Å². The van der Waals surface area contributed by atoms with Crippen LogP contribution < -0.4 is 10.6 Å². The van der Waals surface area contributed by atoms with Gasteiger partial charge < -0.3 is 10.6 Å². The predicted molar refractivity (Wildman–Crippen MR) is 77.4 cm³/mol. The molecular weight excluding hydrogens is 290 g/mol. The highest BCUT2D eigenvalue weighted by atomic mass is 19.1. The predicted octanol–water partition coefficient (Wildman–Crippen LogP) is 3.03. The van der Waals surface area contributed by atoms with E-state index in [-0.39, 0.29) is 18.0 Å². The average Bonchev–Trinajstić information content (AvgIpc) is 2.45. The van der Waals surface area contributed by atoms with Gasteiger partial charge in [0.15, 0.2) is 0 Å². The number of carbonyl (C=O) groups excluding carboxylic acids is 2. The molecule has 0 aromatic heterocycles. The molecule has 0 saturated heterocycles. The van der Waals surface area contributed by atoms with E-state index >= 15 is 0 Å². The SMILES string of the molecule is O=C1C[C@H](C(=O)Nc2cc(F)cc(F)c2)c2ccccc2N1. The van der Waals surface area contributed by atoms with Crippen molar-refractivity contribution in [1.29, 1.82) is 0 Å². The van der Waals surface area contributed by atoms with Gasteiger partial charge in [-0.15, -0.1) is 0 Å². The Hall–Kier alpha value is -2.76. The summed E-state index contributed by atoms with van der Waals surface area (Å²) in [7, 11) is 0. The van der Waals surface area contributed by atoms with Crippen LogP contribution in [0.2, 0.25) is 0 Å². The third-order valence-corrected chi connectivity index (χ3v) is 3.45. The smallest absolute Gasteiger partial charge is 0.232 e. The number of carbonyl (C=O) groups is 2. The van der Waals surface area contributed by atoms with E-state index in [0.717, 1.165) is 18.2 Å². The fourth-order valence-electron chi connectivity index (χ4n) is 2.50. The lowest BCUT2D eigenvalue weighted by Gasteiger charge is -2.24. The number of benzene rings is 2. The third-order valence-electron chi connectivity index (χ3n) is 3.45. The molecule has 0 aliphatic carbocycles. The van der Waals surface area contributed by atoms with Crippen molar-refractivity contribution in [3.8, 4) is 0 Å². The first-order chi connectivity index (χ1) is 10.5. The molecule has 1 aliphatic heterocycles. The number of rotatable bonds is 2. The summed E-state index contributed by atoms with van der Waals surface area (Å²) in [6, 6.07) is 9.73. The van der Waals surface area contributed by atoms with Crippen molar-refractivity contribution in [1.82, 2.24) is 0 Å². The van der Waals surface area contributed by atoms with Crippen LogP contribution >= 0.6 is 0 Å². The van der Waals surface area contributed by atoms with Gasteiger partial charge in [0, 0.05) is 23.9 Å². The molecular formula is C16H12F2N2O2. The normalized spacial score (nSPS) is 16.6. The van der Waals surface area contributed by atoms with Gasteiger partial charge >= 0.3 is 0 Å². The Morgan fingerprint density at radius 1 is 1.14 bits per heavy atom. The summed E-state index contributed by atoms with van der Waals surface area (Å²) in [6.07, 6.45) is -0.0132. The lowest BCUT2D eigenvalue weighted by molar-refractivity contribution is -0.123. The van der Waals surface area contributed by atoms with Gasteiger partial charge in [-0.2, -0.15) is 0 Å². The van der Waals surface area contributed by atoms with Crippen LogP contribution in [0.5, 0.6) is 0 Å². The molecule has 2 N–H and O–H groups in total. The Morgan fingerprint density at radius 2 is 1.82 bits per heavy atom. The van der Waals surface area contributed by atoms with Gasteiger partial charge in [0.25, 0.3) is 0 Å². The zero-order valence-corrected chi connectivity index (χ0v) is 11.4. The Morgan fingerprint density at radius 3 is 2.55 bits per heavy atom. The molecule has 0 fully saturated rings. The minimum Gasteiger partial charge on any atom is -0.326 e. The van der Waals surface area contributed by atoms with Gasteiger partial charge in [0.2, 0.25) is 11.8 Å². The zero-order chi connectivity index (χ0) is 15.7. The summed E-state index contributed by atoms with van der Waals surface area (Å²) >= 11 is 0. The fraction of sp³-hybridized carbons (Fsp3) is 0.125. The van der Waals surface area contributed by atoms with Crippen molar-refractivity contribution >= 4 is 23.2 Å². The quantitative estimate of drug-likeness (QED) is 0.896. The van der Waals surface area contributed by atoms with Gasteiger partial charge in [-0.1, -0.05) is 18.2 Å². The third kappa shape index (κ3) is 2.81. The van der Waals surface area contributed by atoms with Gasteiger partial charge in [-0.25, -0.2) is 8.78 Å². The van der Waals surface area contributed by atoms with Crippen LogP contribution in [-0.2, 0) is 9.59 Å². The first-order valence-electron chi connectivity index (χ1n) is 6.68. The van der Waals surface area contributed by atoms with Crippen molar-refractivity contribution in [2.75, 3.05) is 10.6 Å². The number of hydrogen-bond acceptors (Lipinski definition) is 2. The largest absolute Gasteiger partial charge is 0.326 e. The highest BCUT2D eigenvalue weighted by Gasteiger charge is 2.30. The minimum atomic E-state index is -0.780. The van der Waals surface area contributed by atoms with Crippen LogP contribution in [0.4, 0.5) is 20.2 Å². The van der Waals surface area contributed by atoms with E-state index in [1.807, 2.05) is 0 Å². The molecule has 3 rings (SSSR count). The number of hydrogen-bond donors (Lipinski definition) is 2. The highest BCUT2D eigenvalue weighted by molar-refractivity contribution is 6.05. The van der Waals surface area contributed by atoms with Crippen molar-refractivity contribution in [2.24, 2.45) is 0 Å². The molecule has 6 heteroatoms. The van der Waals surface area contributed by atoms with Crippen LogP contribution in [0.25, 0.3) is 0 Å². The monoisotopic (exact) mass is 302 g/mol. The Balaban J connectivity index is 1.87. The molecule has 4 nitrogen and oxygen atoms in total. The minimum absolute atomic E-state index is 0.0132. The molecule has 1 heterocycles. The molecule has 1 aliphatic rings. The summed E-state index contributed by atoms with van der Waals surface area (Å²) in [5.41, 5.74) is 1.27. The number of amides is 2. The lowest BCUT2D eigenvalue weighted by Crippen LogP contribution is -2.30. The van der Waals surface area contributed by atoms with Crippen LogP contribution in [0.3, 0.4) is 0 Å². The van der Waals surface area contributed by atoms with Crippen molar-refractivity contribution in [3.63, 3.8) is 0 Å². The van der Waals surface area contributed by atoms with Crippen molar-refractivity contribution < 1.29 is 18.4 Å². The molecule has 2 aromatic carbocycles. The summed E-state index contributed by atoms with van der Waals surface area (Å²) in [6.45, 7) is 0. The molecule has 0 radical (unpaired) electrons. The molecule has 0 unspecified atom stereocenters. The Bertz CT molecular complexity index is 741. The zero-order valence-electron chi connectivity index (χ0n) is 11.4. The number of anilines is 2.